The number of aliphatic carboxylic acids is 1. The number of rotatable bonds is 9. The van der Waals surface area contributed by atoms with Gasteiger partial charge in [0.05, 0.1) is 32.8 Å². The lowest BCUT2D eigenvalue weighted by Crippen LogP contribution is -2.64. The molecule has 1 amide bonds. The number of amides is 1. The number of methoxy groups -OCH3 is 1. The maximum Gasteiger partial charge on any atom is 0.305 e. The SMILES string of the molecule is COc1ccc(C(CC(=O)O)NC(=O)C2CC3(C2)CN(CCC2(C)OCCO2)C3)cn1. The lowest BCUT2D eigenvalue weighted by molar-refractivity contribution is -0.164. The Hall–Kier alpha value is -2.23. The molecule has 1 unspecified atom stereocenters. The molecule has 31 heavy (non-hydrogen) atoms. The molecule has 9 nitrogen and oxygen atoms in total. The summed E-state index contributed by atoms with van der Waals surface area (Å²) in [5.41, 5.74) is 0.884. The zero-order chi connectivity index (χ0) is 22.1. The van der Waals surface area contributed by atoms with Crippen LogP contribution in [0.2, 0.25) is 0 Å². The van der Waals surface area contributed by atoms with Crippen LogP contribution in [0.15, 0.2) is 18.3 Å². The van der Waals surface area contributed by atoms with Gasteiger partial charge in [0.25, 0.3) is 0 Å². The molecular weight excluding hydrogens is 402 g/mol. The first-order chi connectivity index (χ1) is 14.8. The van der Waals surface area contributed by atoms with Crippen LogP contribution in [0.25, 0.3) is 0 Å². The fourth-order valence-corrected chi connectivity index (χ4v) is 4.99. The van der Waals surface area contributed by atoms with Gasteiger partial charge in [-0.15, -0.1) is 0 Å². The molecule has 170 valence electrons. The van der Waals surface area contributed by atoms with Crippen LogP contribution in [0.4, 0.5) is 0 Å². The topological polar surface area (TPSA) is 110 Å². The number of likely N-dealkylation sites (tertiary alicyclic amines) is 1. The number of carbonyl (C=O) groups excluding carboxylic acids is 1. The van der Waals surface area contributed by atoms with Crippen molar-refractivity contribution in [2.75, 3.05) is 40.0 Å². The third-order valence-electron chi connectivity index (χ3n) is 6.69. The lowest BCUT2D eigenvalue weighted by atomic mass is 9.57. The highest BCUT2D eigenvalue weighted by Crippen LogP contribution is 2.52. The van der Waals surface area contributed by atoms with Gasteiger partial charge < -0.3 is 29.5 Å². The first-order valence-corrected chi connectivity index (χ1v) is 10.8. The Labute approximate surface area is 182 Å². The van der Waals surface area contributed by atoms with Crippen molar-refractivity contribution in [3.63, 3.8) is 0 Å². The quantitative estimate of drug-likeness (QED) is 0.604. The van der Waals surface area contributed by atoms with Crippen LogP contribution in [0.1, 0.15) is 44.2 Å². The zero-order valence-electron chi connectivity index (χ0n) is 18.1. The normalized spacial score (nSPS) is 23.0. The number of pyridine rings is 1. The fourth-order valence-electron chi connectivity index (χ4n) is 4.99. The molecule has 1 spiro atoms. The molecule has 2 saturated heterocycles. The van der Waals surface area contributed by atoms with E-state index in [1.807, 2.05) is 6.92 Å². The van der Waals surface area contributed by atoms with Crippen molar-refractivity contribution in [1.29, 1.82) is 0 Å². The molecule has 3 aliphatic rings. The van der Waals surface area contributed by atoms with E-state index >= 15 is 0 Å². The third-order valence-corrected chi connectivity index (χ3v) is 6.69. The van der Waals surface area contributed by atoms with Gasteiger partial charge in [0, 0.05) is 44.2 Å². The summed E-state index contributed by atoms with van der Waals surface area (Å²) in [5, 5.41) is 12.2. The molecule has 1 saturated carbocycles. The van der Waals surface area contributed by atoms with Gasteiger partial charge in [-0.25, -0.2) is 4.98 Å². The maximum absolute atomic E-state index is 12.8. The van der Waals surface area contributed by atoms with Crippen LogP contribution >= 0.6 is 0 Å². The summed E-state index contributed by atoms with van der Waals surface area (Å²) in [5.74, 6) is -1.13. The van der Waals surface area contributed by atoms with Gasteiger partial charge in [-0.2, -0.15) is 0 Å². The van der Waals surface area contributed by atoms with E-state index in [9.17, 15) is 14.7 Å². The summed E-state index contributed by atoms with van der Waals surface area (Å²) >= 11 is 0. The molecule has 1 aromatic heterocycles. The number of aromatic nitrogens is 1. The number of nitrogens with zero attached hydrogens (tertiary/aromatic N) is 2. The second-order valence-corrected chi connectivity index (χ2v) is 9.19. The Balaban J connectivity index is 1.24. The number of ether oxygens (including phenoxy) is 3. The average Bonchev–Trinajstić information content (AvgIpc) is 3.11. The zero-order valence-corrected chi connectivity index (χ0v) is 18.1. The van der Waals surface area contributed by atoms with Gasteiger partial charge in [-0.05, 0) is 30.7 Å². The number of hydrogen-bond donors (Lipinski definition) is 2. The molecule has 1 aromatic rings. The predicted octanol–water partition coefficient (Wildman–Crippen LogP) is 1.59. The van der Waals surface area contributed by atoms with E-state index < -0.39 is 17.8 Å². The van der Waals surface area contributed by atoms with Crippen LogP contribution in [-0.2, 0) is 19.1 Å². The molecule has 0 radical (unpaired) electrons. The Bertz CT molecular complexity index is 794. The van der Waals surface area contributed by atoms with Gasteiger partial charge in [-0.1, -0.05) is 6.07 Å². The number of hydrogen-bond acceptors (Lipinski definition) is 7. The molecule has 3 fully saturated rings. The lowest BCUT2D eigenvalue weighted by Gasteiger charge is -2.59. The van der Waals surface area contributed by atoms with Crippen LogP contribution in [-0.4, -0.2) is 72.6 Å². The van der Waals surface area contributed by atoms with Gasteiger partial charge in [-0.3, -0.25) is 9.59 Å². The van der Waals surface area contributed by atoms with Crippen LogP contribution in [0.5, 0.6) is 5.88 Å². The van der Waals surface area contributed by atoms with Crippen molar-refractivity contribution >= 4 is 11.9 Å². The molecule has 2 aliphatic heterocycles. The average molecular weight is 434 g/mol. The van der Waals surface area contributed by atoms with Crippen molar-refractivity contribution in [3.8, 4) is 5.88 Å². The molecule has 4 rings (SSSR count). The minimum atomic E-state index is -0.968. The van der Waals surface area contributed by atoms with Crippen molar-refractivity contribution < 1.29 is 28.9 Å². The van der Waals surface area contributed by atoms with Gasteiger partial charge in [0.1, 0.15) is 0 Å². The largest absolute Gasteiger partial charge is 0.481 e. The summed E-state index contributed by atoms with van der Waals surface area (Å²) in [6.45, 7) is 6.23. The van der Waals surface area contributed by atoms with Gasteiger partial charge >= 0.3 is 5.97 Å². The summed E-state index contributed by atoms with van der Waals surface area (Å²) in [6.07, 6.45) is 3.91. The number of nitrogens with one attached hydrogen (secondary N) is 1. The highest BCUT2D eigenvalue weighted by Gasteiger charge is 2.54. The fraction of sp³-hybridized carbons (Fsp3) is 0.682. The Morgan fingerprint density at radius 2 is 2.03 bits per heavy atom. The van der Waals surface area contributed by atoms with Gasteiger partial charge in [0.15, 0.2) is 5.79 Å². The van der Waals surface area contributed by atoms with Gasteiger partial charge in [0.2, 0.25) is 11.8 Å². The monoisotopic (exact) mass is 433 g/mol. The van der Waals surface area contributed by atoms with E-state index in [2.05, 4.69) is 15.2 Å². The molecule has 0 aromatic carbocycles. The third kappa shape index (κ3) is 4.99. The van der Waals surface area contributed by atoms with Crippen LogP contribution < -0.4 is 10.1 Å². The smallest absolute Gasteiger partial charge is 0.305 e. The molecule has 1 aliphatic carbocycles. The standard InChI is InChI=1S/C22H31N3O6/c1-21(30-7-8-31-21)5-6-25-13-22(14-25)10-16(11-22)20(28)24-17(9-19(26)27)15-3-4-18(29-2)23-12-15/h3-4,12,16-17H,5-11,13-14H2,1-2H3,(H,24,28)(H,26,27). The van der Waals surface area contributed by atoms with Crippen molar-refractivity contribution in [2.45, 2.75) is 44.4 Å². The second kappa shape index (κ2) is 8.72. The number of carboxylic acids is 1. The summed E-state index contributed by atoms with van der Waals surface area (Å²) in [7, 11) is 1.52. The van der Waals surface area contributed by atoms with E-state index in [1.165, 1.54) is 7.11 Å². The van der Waals surface area contributed by atoms with Crippen LogP contribution in [0.3, 0.4) is 0 Å². The van der Waals surface area contributed by atoms with E-state index in [1.54, 1.807) is 18.3 Å². The minimum absolute atomic E-state index is 0.0660. The second-order valence-electron chi connectivity index (χ2n) is 9.19. The Morgan fingerprint density at radius 3 is 2.61 bits per heavy atom. The highest BCUT2D eigenvalue weighted by molar-refractivity contribution is 5.81. The summed E-state index contributed by atoms with van der Waals surface area (Å²) in [4.78, 5) is 30.6. The summed E-state index contributed by atoms with van der Waals surface area (Å²) in [6, 6.07) is 2.80. The van der Waals surface area contributed by atoms with E-state index in [-0.39, 0.29) is 23.7 Å². The van der Waals surface area contributed by atoms with Crippen molar-refractivity contribution in [3.05, 3.63) is 23.9 Å². The van der Waals surface area contributed by atoms with Crippen molar-refractivity contribution in [2.24, 2.45) is 11.3 Å². The number of carbonyl (C=O) groups is 2. The first-order valence-electron chi connectivity index (χ1n) is 10.8. The molecule has 0 bridgehead atoms. The van der Waals surface area contributed by atoms with Crippen molar-refractivity contribution in [1.82, 2.24) is 15.2 Å². The first kappa shape index (κ1) is 22.0. The maximum atomic E-state index is 12.8. The molecular formula is C22H31N3O6. The molecule has 2 N–H and O–H groups in total. The molecule has 1 atom stereocenters. The van der Waals surface area contributed by atoms with E-state index in [0.717, 1.165) is 38.9 Å². The molecule has 9 heteroatoms. The van der Waals surface area contributed by atoms with E-state index in [4.69, 9.17) is 14.2 Å². The Morgan fingerprint density at radius 1 is 1.32 bits per heavy atom. The molecule has 3 heterocycles. The number of carboxylic acid groups (broad SMARTS) is 1. The predicted molar refractivity (Wildman–Crippen MR) is 110 cm³/mol. The highest BCUT2D eigenvalue weighted by atomic mass is 16.7. The summed E-state index contributed by atoms with van der Waals surface area (Å²) < 4.78 is 16.4. The minimum Gasteiger partial charge on any atom is -0.481 e. The van der Waals surface area contributed by atoms with Crippen LogP contribution in [0, 0.1) is 11.3 Å². The Kier molecular flexibility index (Phi) is 6.18. The van der Waals surface area contributed by atoms with E-state index in [0.29, 0.717) is 24.7 Å².